The molecule has 0 aliphatic carbocycles. The first kappa shape index (κ1) is 15.4. The SMILES string of the molecule is Cc1ccc([N+](=O)[O-])c(C(=O)NCCCCCCl)c1. The molecule has 1 amide bonds. The predicted molar refractivity (Wildman–Crippen MR) is 74.7 cm³/mol. The molecule has 104 valence electrons. The van der Waals surface area contributed by atoms with Gasteiger partial charge in [-0.25, -0.2) is 0 Å². The van der Waals surface area contributed by atoms with Gasteiger partial charge in [0.05, 0.1) is 4.92 Å². The maximum atomic E-state index is 11.9. The van der Waals surface area contributed by atoms with E-state index in [4.69, 9.17) is 11.6 Å². The summed E-state index contributed by atoms with van der Waals surface area (Å²) in [5, 5.41) is 13.6. The van der Waals surface area contributed by atoms with Crippen LogP contribution in [0.25, 0.3) is 0 Å². The number of carbonyl (C=O) groups is 1. The summed E-state index contributed by atoms with van der Waals surface area (Å²) < 4.78 is 0. The number of halogens is 1. The first-order chi connectivity index (χ1) is 9.06. The molecule has 0 atom stereocenters. The highest BCUT2D eigenvalue weighted by molar-refractivity contribution is 6.17. The zero-order valence-electron chi connectivity index (χ0n) is 10.8. The number of hydrogen-bond acceptors (Lipinski definition) is 3. The number of nitrogens with one attached hydrogen (secondary N) is 1. The molecule has 0 radical (unpaired) electrons. The fraction of sp³-hybridized carbons (Fsp3) is 0.462. The zero-order valence-corrected chi connectivity index (χ0v) is 11.6. The third kappa shape index (κ3) is 4.87. The van der Waals surface area contributed by atoms with Gasteiger partial charge in [0.1, 0.15) is 5.56 Å². The number of nitro groups is 1. The van der Waals surface area contributed by atoms with E-state index in [9.17, 15) is 14.9 Å². The lowest BCUT2D eigenvalue weighted by Crippen LogP contribution is -2.25. The molecular weight excluding hydrogens is 268 g/mol. The monoisotopic (exact) mass is 284 g/mol. The van der Waals surface area contributed by atoms with Crippen molar-refractivity contribution in [2.75, 3.05) is 12.4 Å². The molecule has 0 saturated heterocycles. The van der Waals surface area contributed by atoms with Crippen LogP contribution in [0, 0.1) is 17.0 Å². The van der Waals surface area contributed by atoms with E-state index in [0.29, 0.717) is 12.4 Å². The largest absolute Gasteiger partial charge is 0.352 e. The maximum Gasteiger partial charge on any atom is 0.282 e. The van der Waals surface area contributed by atoms with E-state index in [1.165, 1.54) is 12.1 Å². The van der Waals surface area contributed by atoms with Gasteiger partial charge in [0.15, 0.2) is 0 Å². The second-order valence-electron chi connectivity index (χ2n) is 4.28. The summed E-state index contributed by atoms with van der Waals surface area (Å²) in [6.45, 7) is 2.29. The van der Waals surface area contributed by atoms with Crippen molar-refractivity contribution < 1.29 is 9.72 Å². The summed E-state index contributed by atoms with van der Waals surface area (Å²) >= 11 is 5.55. The van der Waals surface area contributed by atoms with Gasteiger partial charge in [-0.05, 0) is 31.4 Å². The molecule has 0 saturated carbocycles. The second kappa shape index (κ2) is 7.74. The molecule has 0 aromatic heterocycles. The van der Waals surface area contributed by atoms with Crippen molar-refractivity contribution >= 4 is 23.2 Å². The average molecular weight is 285 g/mol. The van der Waals surface area contributed by atoms with Crippen molar-refractivity contribution in [3.63, 3.8) is 0 Å². The third-order valence-corrected chi connectivity index (χ3v) is 2.96. The van der Waals surface area contributed by atoms with Gasteiger partial charge in [0.2, 0.25) is 0 Å². The smallest absolute Gasteiger partial charge is 0.282 e. The number of hydrogen-bond donors (Lipinski definition) is 1. The number of nitrogens with zero attached hydrogens (tertiary/aromatic N) is 1. The van der Waals surface area contributed by atoms with Gasteiger partial charge < -0.3 is 5.32 Å². The molecule has 19 heavy (non-hydrogen) atoms. The number of unbranched alkanes of at least 4 members (excludes halogenated alkanes) is 2. The summed E-state index contributed by atoms with van der Waals surface area (Å²) in [4.78, 5) is 22.2. The summed E-state index contributed by atoms with van der Waals surface area (Å²) in [5.74, 6) is 0.207. The van der Waals surface area contributed by atoms with Gasteiger partial charge in [-0.15, -0.1) is 11.6 Å². The molecule has 0 heterocycles. The van der Waals surface area contributed by atoms with Crippen molar-refractivity contribution in [1.29, 1.82) is 0 Å². The van der Waals surface area contributed by atoms with Gasteiger partial charge in [0.25, 0.3) is 11.6 Å². The minimum atomic E-state index is -0.540. The minimum Gasteiger partial charge on any atom is -0.352 e. The van der Waals surface area contributed by atoms with Gasteiger partial charge in [0, 0.05) is 18.5 Å². The molecular formula is C13H17ClN2O3. The normalized spacial score (nSPS) is 10.2. The predicted octanol–water partition coefficient (Wildman–Crippen LogP) is 3.04. The van der Waals surface area contributed by atoms with Gasteiger partial charge in [-0.2, -0.15) is 0 Å². The number of carbonyl (C=O) groups excluding carboxylic acids is 1. The van der Waals surface area contributed by atoms with Crippen molar-refractivity contribution in [3.8, 4) is 0 Å². The van der Waals surface area contributed by atoms with E-state index in [0.717, 1.165) is 24.8 Å². The lowest BCUT2D eigenvalue weighted by Gasteiger charge is -2.06. The summed E-state index contributed by atoms with van der Waals surface area (Å²) in [5.41, 5.74) is 0.768. The number of rotatable bonds is 7. The van der Waals surface area contributed by atoms with Crippen LogP contribution in [0.2, 0.25) is 0 Å². The van der Waals surface area contributed by atoms with E-state index in [-0.39, 0.29) is 11.3 Å². The molecule has 0 bridgehead atoms. The van der Waals surface area contributed by atoms with Gasteiger partial charge >= 0.3 is 0 Å². The third-order valence-electron chi connectivity index (χ3n) is 2.69. The molecule has 0 unspecified atom stereocenters. The van der Waals surface area contributed by atoms with E-state index in [1.54, 1.807) is 13.0 Å². The quantitative estimate of drug-likeness (QED) is 0.362. The van der Waals surface area contributed by atoms with Crippen LogP contribution in [0.3, 0.4) is 0 Å². The Balaban J connectivity index is 2.65. The van der Waals surface area contributed by atoms with E-state index < -0.39 is 10.8 Å². The maximum absolute atomic E-state index is 11.9. The highest BCUT2D eigenvalue weighted by Crippen LogP contribution is 2.19. The van der Waals surface area contributed by atoms with Gasteiger partial charge in [-0.3, -0.25) is 14.9 Å². The Hall–Kier alpha value is -1.62. The van der Waals surface area contributed by atoms with Gasteiger partial charge in [-0.1, -0.05) is 12.5 Å². The van der Waals surface area contributed by atoms with Crippen molar-refractivity contribution in [2.24, 2.45) is 0 Å². The first-order valence-corrected chi connectivity index (χ1v) is 6.69. The van der Waals surface area contributed by atoms with Crippen LogP contribution in [0.1, 0.15) is 35.2 Å². The number of alkyl halides is 1. The highest BCUT2D eigenvalue weighted by Gasteiger charge is 2.19. The second-order valence-corrected chi connectivity index (χ2v) is 4.66. The van der Waals surface area contributed by atoms with Crippen LogP contribution in [-0.2, 0) is 0 Å². The van der Waals surface area contributed by atoms with Crippen molar-refractivity contribution in [3.05, 3.63) is 39.4 Å². The Morgan fingerprint density at radius 2 is 2.11 bits per heavy atom. The Bertz CT molecular complexity index is 463. The fourth-order valence-corrected chi connectivity index (χ4v) is 1.87. The lowest BCUT2D eigenvalue weighted by molar-refractivity contribution is -0.385. The van der Waals surface area contributed by atoms with E-state index in [1.807, 2.05) is 0 Å². The average Bonchev–Trinajstić information content (AvgIpc) is 2.37. The van der Waals surface area contributed by atoms with E-state index in [2.05, 4.69) is 5.32 Å². The first-order valence-electron chi connectivity index (χ1n) is 6.15. The van der Waals surface area contributed by atoms with Crippen molar-refractivity contribution in [1.82, 2.24) is 5.32 Å². The van der Waals surface area contributed by atoms with Crippen LogP contribution in [0.5, 0.6) is 0 Å². The van der Waals surface area contributed by atoms with Crippen molar-refractivity contribution in [2.45, 2.75) is 26.2 Å². The topological polar surface area (TPSA) is 72.2 Å². The highest BCUT2D eigenvalue weighted by atomic mass is 35.5. The molecule has 0 aliphatic rings. The van der Waals surface area contributed by atoms with Crippen LogP contribution in [-0.4, -0.2) is 23.3 Å². The lowest BCUT2D eigenvalue weighted by atomic mass is 10.1. The Labute approximate surface area is 117 Å². The molecule has 6 heteroatoms. The Morgan fingerprint density at radius 3 is 2.74 bits per heavy atom. The van der Waals surface area contributed by atoms with Crippen LogP contribution < -0.4 is 5.32 Å². The minimum absolute atomic E-state index is 0.113. The fourth-order valence-electron chi connectivity index (χ4n) is 1.68. The molecule has 1 N–H and O–H groups in total. The molecule has 0 fully saturated rings. The standard InChI is InChI=1S/C13H17ClN2O3/c1-10-5-6-12(16(18)19)11(9-10)13(17)15-8-4-2-3-7-14/h5-6,9H,2-4,7-8H2,1H3,(H,15,17). The molecule has 5 nitrogen and oxygen atoms in total. The Kier molecular flexibility index (Phi) is 6.29. The number of nitro benzene ring substituents is 1. The summed E-state index contributed by atoms with van der Waals surface area (Å²) in [6.07, 6.45) is 2.65. The van der Waals surface area contributed by atoms with Crippen LogP contribution in [0.15, 0.2) is 18.2 Å². The van der Waals surface area contributed by atoms with E-state index >= 15 is 0 Å². The summed E-state index contributed by atoms with van der Waals surface area (Å²) in [6, 6.07) is 4.51. The number of amides is 1. The van der Waals surface area contributed by atoms with Crippen LogP contribution >= 0.6 is 11.6 Å². The molecule has 1 aromatic carbocycles. The van der Waals surface area contributed by atoms with Crippen LogP contribution in [0.4, 0.5) is 5.69 Å². The molecule has 0 spiro atoms. The zero-order chi connectivity index (χ0) is 14.3. The number of aryl methyl sites for hydroxylation is 1. The molecule has 1 rings (SSSR count). The molecule has 1 aromatic rings. The number of benzene rings is 1. The summed E-state index contributed by atoms with van der Waals surface area (Å²) in [7, 11) is 0. The molecule has 0 aliphatic heterocycles. The Morgan fingerprint density at radius 1 is 1.37 bits per heavy atom.